The highest BCUT2D eigenvalue weighted by atomic mass is 16.5. The van der Waals surface area contributed by atoms with Crippen molar-refractivity contribution in [3.63, 3.8) is 0 Å². The third kappa shape index (κ3) is 9.24. The first-order valence-corrected chi connectivity index (χ1v) is 5.64. The van der Waals surface area contributed by atoms with Gasteiger partial charge in [-0.2, -0.15) is 0 Å². The molecule has 0 heterocycles. The molecule has 0 aliphatic rings. The molecule has 0 aliphatic heterocycles. The summed E-state index contributed by atoms with van der Waals surface area (Å²) >= 11 is 0. The molecule has 0 spiro atoms. The van der Waals surface area contributed by atoms with Crippen LogP contribution in [0.2, 0.25) is 0 Å². The topological polar surface area (TPSA) is 75.6 Å². The lowest BCUT2D eigenvalue weighted by Gasteiger charge is -2.07. The lowest BCUT2D eigenvalue weighted by atomic mass is 10.0. The summed E-state index contributed by atoms with van der Waals surface area (Å²) in [6.45, 7) is 2.38. The molecule has 0 aromatic carbocycles. The van der Waals surface area contributed by atoms with Crippen molar-refractivity contribution in [3.05, 3.63) is 0 Å². The summed E-state index contributed by atoms with van der Waals surface area (Å²) < 4.78 is 4.76. The molecule has 0 saturated carbocycles. The number of hydrogen-bond acceptors (Lipinski definition) is 3. The largest absolute Gasteiger partial charge is 0.481 e. The second kappa shape index (κ2) is 9.52. The molecule has 0 rings (SSSR count). The van der Waals surface area contributed by atoms with E-state index >= 15 is 0 Å². The number of unbranched alkanes of at least 4 members (excludes halogenated alkanes) is 1. The number of carboxylic acid groups (broad SMARTS) is 1. The first-order chi connectivity index (χ1) is 8.07. The van der Waals surface area contributed by atoms with E-state index in [-0.39, 0.29) is 12.5 Å². The molecule has 0 unspecified atom stereocenters. The van der Waals surface area contributed by atoms with Crippen LogP contribution in [0.25, 0.3) is 0 Å². The van der Waals surface area contributed by atoms with Gasteiger partial charge in [-0.15, -0.1) is 12.3 Å². The van der Waals surface area contributed by atoms with Gasteiger partial charge in [-0.05, 0) is 12.8 Å². The van der Waals surface area contributed by atoms with Gasteiger partial charge in [-0.25, -0.2) is 4.79 Å². The minimum Gasteiger partial charge on any atom is -0.481 e. The molecule has 0 radical (unpaired) electrons. The fourth-order valence-corrected chi connectivity index (χ4v) is 1.14. The summed E-state index contributed by atoms with van der Waals surface area (Å²) in [5, 5.41) is 11.2. The summed E-state index contributed by atoms with van der Waals surface area (Å²) in [5.41, 5.74) is 0. The molecule has 96 valence electrons. The molecule has 0 saturated heterocycles. The van der Waals surface area contributed by atoms with E-state index in [0.29, 0.717) is 19.4 Å². The van der Waals surface area contributed by atoms with Crippen molar-refractivity contribution in [1.29, 1.82) is 0 Å². The maximum atomic E-state index is 11.0. The van der Waals surface area contributed by atoms with Gasteiger partial charge in [0.25, 0.3) is 0 Å². The average Bonchev–Trinajstić information content (AvgIpc) is 2.28. The van der Waals surface area contributed by atoms with E-state index < -0.39 is 12.1 Å². The van der Waals surface area contributed by atoms with E-state index in [1.165, 1.54) is 0 Å². The fourth-order valence-electron chi connectivity index (χ4n) is 1.14. The number of hydrogen-bond donors (Lipinski definition) is 2. The van der Waals surface area contributed by atoms with Crippen LogP contribution >= 0.6 is 0 Å². The molecule has 0 aromatic heterocycles. The second-order valence-electron chi connectivity index (χ2n) is 3.75. The number of ether oxygens (including phenoxy) is 1. The van der Waals surface area contributed by atoms with Crippen LogP contribution in [0.1, 0.15) is 32.6 Å². The fraction of sp³-hybridized carbons (Fsp3) is 0.667. The predicted molar refractivity (Wildman–Crippen MR) is 63.5 cm³/mol. The number of alkyl carbamates (subject to hydrolysis) is 1. The number of nitrogens with one attached hydrogen (secondary N) is 1. The Kier molecular flexibility index (Phi) is 8.57. The minimum absolute atomic E-state index is 0.221. The van der Waals surface area contributed by atoms with Gasteiger partial charge >= 0.3 is 12.1 Å². The summed E-state index contributed by atoms with van der Waals surface area (Å²) in [4.78, 5) is 21.5. The highest BCUT2D eigenvalue weighted by Gasteiger charge is 2.09. The summed E-state index contributed by atoms with van der Waals surface area (Å²) in [5.74, 6) is 1.24. The van der Waals surface area contributed by atoms with Gasteiger partial charge in [0.15, 0.2) is 0 Å². The Morgan fingerprint density at radius 3 is 2.76 bits per heavy atom. The second-order valence-corrected chi connectivity index (χ2v) is 3.75. The Hall–Kier alpha value is -1.70. The van der Waals surface area contributed by atoms with E-state index in [1.807, 2.05) is 0 Å². The SMILES string of the molecule is C#CCCOC(=O)NCCCC[C@H](C)C(=O)O. The molecule has 5 nitrogen and oxygen atoms in total. The van der Waals surface area contributed by atoms with E-state index in [9.17, 15) is 9.59 Å². The molecule has 17 heavy (non-hydrogen) atoms. The first kappa shape index (κ1) is 15.3. The molecule has 1 amide bonds. The predicted octanol–water partition coefficient (Wildman–Crippen LogP) is 1.63. The zero-order chi connectivity index (χ0) is 13.1. The highest BCUT2D eigenvalue weighted by molar-refractivity contribution is 5.69. The van der Waals surface area contributed by atoms with Crippen molar-refractivity contribution >= 4 is 12.1 Å². The molecule has 2 N–H and O–H groups in total. The van der Waals surface area contributed by atoms with Crippen LogP contribution in [-0.4, -0.2) is 30.3 Å². The molecular formula is C12H19NO4. The van der Waals surface area contributed by atoms with E-state index in [1.54, 1.807) is 6.92 Å². The van der Waals surface area contributed by atoms with Crippen LogP contribution in [0.5, 0.6) is 0 Å². The van der Waals surface area contributed by atoms with Gasteiger partial charge in [0.1, 0.15) is 6.61 Å². The zero-order valence-electron chi connectivity index (χ0n) is 10.1. The number of carboxylic acids is 1. The Labute approximate surface area is 102 Å². The van der Waals surface area contributed by atoms with Crippen LogP contribution in [-0.2, 0) is 9.53 Å². The van der Waals surface area contributed by atoms with E-state index in [4.69, 9.17) is 16.3 Å². The van der Waals surface area contributed by atoms with Gasteiger partial charge < -0.3 is 15.2 Å². The minimum atomic E-state index is -0.786. The number of aliphatic carboxylic acids is 1. The molecular weight excluding hydrogens is 222 g/mol. The molecule has 0 aromatic rings. The van der Waals surface area contributed by atoms with Crippen molar-refractivity contribution in [3.8, 4) is 12.3 Å². The molecule has 5 heteroatoms. The maximum absolute atomic E-state index is 11.0. The van der Waals surface area contributed by atoms with Crippen molar-refractivity contribution in [2.45, 2.75) is 32.6 Å². The Morgan fingerprint density at radius 2 is 2.18 bits per heavy atom. The number of carbonyl (C=O) groups is 2. The van der Waals surface area contributed by atoms with Gasteiger partial charge in [0, 0.05) is 13.0 Å². The number of carbonyl (C=O) groups excluding carboxylic acids is 1. The Bertz CT molecular complexity index is 283. The lowest BCUT2D eigenvalue weighted by Crippen LogP contribution is -2.25. The van der Waals surface area contributed by atoms with E-state index in [0.717, 1.165) is 12.8 Å². The normalized spacial score (nSPS) is 11.3. The van der Waals surface area contributed by atoms with Crippen LogP contribution in [0.15, 0.2) is 0 Å². The van der Waals surface area contributed by atoms with Gasteiger partial charge in [-0.3, -0.25) is 4.79 Å². The molecule has 0 aliphatic carbocycles. The Morgan fingerprint density at radius 1 is 1.47 bits per heavy atom. The summed E-state index contributed by atoms with van der Waals surface area (Å²) in [6.07, 6.45) is 7.04. The van der Waals surface area contributed by atoms with Gasteiger partial charge in [0.2, 0.25) is 0 Å². The van der Waals surface area contributed by atoms with Crippen molar-refractivity contribution in [2.24, 2.45) is 5.92 Å². The van der Waals surface area contributed by atoms with Crippen LogP contribution in [0.3, 0.4) is 0 Å². The third-order valence-electron chi connectivity index (χ3n) is 2.23. The molecule has 1 atom stereocenters. The summed E-state index contributed by atoms with van der Waals surface area (Å²) in [7, 11) is 0. The number of amides is 1. The lowest BCUT2D eigenvalue weighted by molar-refractivity contribution is -0.141. The number of terminal acetylenes is 1. The standard InChI is InChI=1S/C12H19NO4/c1-3-4-9-17-12(16)13-8-6-5-7-10(2)11(14)15/h1,10H,4-9H2,2H3,(H,13,16)(H,14,15)/t10-/m0/s1. The summed E-state index contributed by atoms with van der Waals surface area (Å²) in [6, 6.07) is 0. The third-order valence-corrected chi connectivity index (χ3v) is 2.23. The average molecular weight is 241 g/mol. The van der Waals surface area contributed by atoms with Crippen molar-refractivity contribution < 1.29 is 19.4 Å². The van der Waals surface area contributed by atoms with Crippen LogP contribution < -0.4 is 5.32 Å². The highest BCUT2D eigenvalue weighted by Crippen LogP contribution is 2.06. The van der Waals surface area contributed by atoms with Gasteiger partial charge in [0.05, 0.1) is 5.92 Å². The van der Waals surface area contributed by atoms with Crippen molar-refractivity contribution in [2.75, 3.05) is 13.2 Å². The quantitative estimate of drug-likeness (QED) is 0.500. The first-order valence-electron chi connectivity index (χ1n) is 5.64. The number of rotatable bonds is 8. The Balaban J connectivity index is 3.36. The van der Waals surface area contributed by atoms with Crippen LogP contribution in [0, 0.1) is 18.3 Å². The smallest absolute Gasteiger partial charge is 0.407 e. The zero-order valence-corrected chi connectivity index (χ0v) is 10.1. The van der Waals surface area contributed by atoms with Gasteiger partial charge in [-0.1, -0.05) is 13.3 Å². The van der Waals surface area contributed by atoms with Crippen molar-refractivity contribution in [1.82, 2.24) is 5.32 Å². The molecule has 0 bridgehead atoms. The monoisotopic (exact) mass is 241 g/mol. The van der Waals surface area contributed by atoms with E-state index in [2.05, 4.69) is 11.2 Å². The van der Waals surface area contributed by atoms with Crippen LogP contribution in [0.4, 0.5) is 4.79 Å². The maximum Gasteiger partial charge on any atom is 0.407 e. The molecule has 0 fully saturated rings.